The maximum Gasteiger partial charge on any atom is 0.160 e. The van der Waals surface area contributed by atoms with E-state index in [1.54, 1.807) is 0 Å². The van der Waals surface area contributed by atoms with Gasteiger partial charge in [-0.3, -0.25) is 4.98 Å². The van der Waals surface area contributed by atoms with Gasteiger partial charge in [0.15, 0.2) is 5.82 Å². The van der Waals surface area contributed by atoms with E-state index in [1.165, 1.54) is 0 Å². The van der Waals surface area contributed by atoms with Gasteiger partial charge in [-0.05, 0) is 60.7 Å². The van der Waals surface area contributed by atoms with Crippen LogP contribution in [0.1, 0.15) is 5.56 Å². The van der Waals surface area contributed by atoms with E-state index in [0.29, 0.717) is 0 Å². The smallest absolute Gasteiger partial charge is 0.160 e. The SMILES string of the molecule is Cc1cc(Br)cnc1-c1nc2ccccc2n1CCN(C)C. The Morgan fingerprint density at radius 2 is 2.00 bits per heavy atom. The molecule has 0 saturated carbocycles. The number of hydrogen-bond acceptors (Lipinski definition) is 3. The van der Waals surface area contributed by atoms with Gasteiger partial charge in [-0.1, -0.05) is 12.1 Å². The Hall–Kier alpha value is -1.72. The lowest BCUT2D eigenvalue weighted by Crippen LogP contribution is -2.19. The number of para-hydroxylation sites is 2. The van der Waals surface area contributed by atoms with Crippen molar-refractivity contribution in [2.24, 2.45) is 0 Å². The van der Waals surface area contributed by atoms with Crippen LogP contribution in [0.3, 0.4) is 0 Å². The van der Waals surface area contributed by atoms with Crippen molar-refractivity contribution in [3.05, 3.63) is 46.6 Å². The summed E-state index contributed by atoms with van der Waals surface area (Å²) in [6.07, 6.45) is 1.83. The van der Waals surface area contributed by atoms with E-state index in [0.717, 1.165) is 45.7 Å². The topological polar surface area (TPSA) is 34.0 Å². The molecular weight excluding hydrogens is 340 g/mol. The number of imidazole rings is 1. The molecule has 114 valence electrons. The molecule has 0 aliphatic carbocycles. The molecule has 0 N–H and O–H groups in total. The van der Waals surface area contributed by atoms with Crippen LogP contribution in [0.15, 0.2) is 41.0 Å². The molecule has 0 bridgehead atoms. The molecule has 0 fully saturated rings. The molecule has 3 rings (SSSR count). The molecule has 5 heteroatoms. The van der Waals surface area contributed by atoms with Gasteiger partial charge in [0.25, 0.3) is 0 Å². The third kappa shape index (κ3) is 2.91. The Bertz CT molecular complexity index is 808. The Balaban J connectivity index is 2.17. The molecular formula is C17H19BrN4. The normalized spacial score (nSPS) is 11.5. The van der Waals surface area contributed by atoms with Crippen molar-refractivity contribution in [3.8, 4) is 11.5 Å². The summed E-state index contributed by atoms with van der Waals surface area (Å²) in [5, 5.41) is 0. The van der Waals surface area contributed by atoms with Gasteiger partial charge >= 0.3 is 0 Å². The number of benzene rings is 1. The van der Waals surface area contributed by atoms with Crippen molar-refractivity contribution in [2.45, 2.75) is 13.5 Å². The first-order valence-corrected chi connectivity index (χ1v) is 8.08. The number of fused-ring (bicyclic) bond motifs is 1. The minimum atomic E-state index is 0.889. The van der Waals surface area contributed by atoms with Gasteiger partial charge in [-0.15, -0.1) is 0 Å². The highest BCUT2D eigenvalue weighted by atomic mass is 79.9. The molecule has 0 radical (unpaired) electrons. The number of hydrogen-bond donors (Lipinski definition) is 0. The van der Waals surface area contributed by atoms with Crippen LogP contribution in [0.5, 0.6) is 0 Å². The molecule has 0 aliphatic rings. The summed E-state index contributed by atoms with van der Waals surface area (Å²) >= 11 is 3.48. The Morgan fingerprint density at radius 1 is 1.23 bits per heavy atom. The highest BCUT2D eigenvalue weighted by Gasteiger charge is 2.15. The van der Waals surface area contributed by atoms with Gasteiger partial charge in [0.1, 0.15) is 5.69 Å². The fourth-order valence-corrected chi connectivity index (χ4v) is 3.00. The maximum absolute atomic E-state index is 4.82. The van der Waals surface area contributed by atoms with Crippen LogP contribution in [-0.4, -0.2) is 40.1 Å². The molecule has 1 aromatic carbocycles. The third-order valence-electron chi connectivity index (χ3n) is 3.68. The van der Waals surface area contributed by atoms with Crippen molar-refractivity contribution >= 4 is 27.0 Å². The minimum Gasteiger partial charge on any atom is -0.321 e. The van der Waals surface area contributed by atoms with Crippen LogP contribution in [0, 0.1) is 6.92 Å². The zero-order valence-corrected chi connectivity index (χ0v) is 14.6. The molecule has 0 saturated heterocycles. The lowest BCUT2D eigenvalue weighted by molar-refractivity contribution is 0.387. The van der Waals surface area contributed by atoms with Crippen LogP contribution in [0.4, 0.5) is 0 Å². The number of nitrogens with zero attached hydrogens (tertiary/aromatic N) is 4. The molecule has 0 amide bonds. The standard InChI is InChI=1S/C17H19BrN4/c1-12-10-13(18)11-19-16(12)17-20-14-6-4-5-7-15(14)22(17)9-8-21(2)3/h4-7,10-11H,8-9H2,1-3H3. The molecule has 0 aliphatic heterocycles. The first-order valence-electron chi connectivity index (χ1n) is 7.29. The van der Waals surface area contributed by atoms with Crippen molar-refractivity contribution in [1.82, 2.24) is 19.4 Å². The maximum atomic E-state index is 4.82. The number of halogens is 1. The molecule has 3 aromatic rings. The summed E-state index contributed by atoms with van der Waals surface area (Å²) in [5.74, 6) is 0.938. The van der Waals surface area contributed by atoms with Crippen LogP contribution in [-0.2, 0) is 6.54 Å². The summed E-state index contributed by atoms with van der Waals surface area (Å²) < 4.78 is 3.25. The van der Waals surface area contributed by atoms with Gasteiger partial charge in [-0.25, -0.2) is 4.98 Å². The van der Waals surface area contributed by atoms with Gasteiger partial charge < -0.3 is 9.47 Å². The second kappa shape index (κ2) is 6.18. The predicted octanol–water partition coefficient (Wildman–Crippen LogP) is 3.73. The van der Waals surface area contributed by atoms with E-state index in [1.807, 2.05) is 12.3 Å². The fourth-order valence-electron chi connectivity index (χ4n) is 2.56. The van der Waals surface area contributed by atoms with E-state index in [9.17, 15) is 0 Å². The highest BCUT2D eigenvalue weighted by molar-refractivity contribution is 9.10. The van der Waals surface area contributed by atoms with Gasteiger partial charge in [0, 0.05) is 23.8 Å². The lowest BCUT2D eigenvalue weighted by Gasteiger charge is -2.14. The van der Waals surface area contributed by atoms with Gasteiger partial charge in [0.2, 0.25) is 0 Å². The number of aryl methyl sites for hydroxylation is 1. The number of rotatable bonds is 4. The second-order valence-electron chi connectivity index (χ2n) is 5.70. The van der Waals surface area contributed by atoms with Crippen LogP contribution in [0.25, 0.3) is 22.6 Å². The Morgan fingerprint density at radius 3 is 2.73 bits per heavy atom. The quantitative estimate of drug-likeness (QED) is 0.712. The minimum absolute atomic E-state index is 0.889. The second-order valence-corrected chi connectivity index (χ2v) is 6.61. The van der Waals surface area contributed by atoms with Crippen molar-refractivity contribution in [1.29, 1.82) is 0 Å². The molecule has 2 aromatic heterocycles. The number of aromatic nitrogens is 3. The monoisotopic (exact) mass is 358 g/mol. The molecule has 0 unspecified atom stereocenters. The molecule has 0 spiro atoms. The van der Waals surface area contributed by atoms with Gasteiger partial charge in [-0.2, -0.15) is 0 Å². The summed E-state index contributed by atoms with van der Waals surface area (Å²) in [4.78, 5) is 11.6. The van der Waals surface area contributed by atoms with Crippen LogP contribution >= 0.6 is 15.9 Å². The Kier molecular flexibility index (Phi) is 4.27. The van der Waals surface area contributed by atoms with E-state index < -0.39 is 0 Å². The number of likely N-dealkylation sites (N-methyl/N-ethyl adjacent to an activating group) is 1. The predicted molar refractivity (Wildman–Crippen MR) is 94.0 cm³/mol. The molecule has 2 heterocycles. The summed E-state index contributed by atoms with van der Waals surface area (Å²) in [6.45, 7) is 3.92. The van der Waals surface area contributed by atoms with Crippen molar-refractivity contribution in [2.75, 3.05) is 20.6 Å². The van der Waals surface area contributed by atoms with E-state index >= 15 is 0 Å². The first kappa shape index (κ1) is 15.2. The summed E-state index contributed by atoms with van der Waals surface area (Å²) in [7, 11) is 4.17. The zero-order chi connectivity index (χ0) is 15.7. The third-order valence-corrected chi connectivity index (χ3v) is 4.12. The highest BCUT2D eigenvalue weighted by Crippen LogP contribution is 2.27. The molecule has 4 nitrogen and oxygen atoms in total. The van der Waals surface area contributed by atoms with Crippen molar-refractivity contribution in [3.63, 3.8) is 0 Å². The first-order chi connectivity index (χ1) is 10.6. The summed E-state index contributed by atoms with van der Waals surface area (Å²) in [5.41, 5.74) is 4.23. The zero-order valence-electron chi connectivity index (χ0n) is 13.0. The van der Waals surface area contributed by atoms with Crippen LogP contribution < -0.4 is 0 Å². The fraction of sp³-hybridized carbons (Fsp3) is 0.294. The average Bonchev–Trinajstić information content (AvgIpc) is 2.83. The van der Waals surface area contributed by atoms with E-state index in [2.05, 4.69) is 75.7 Å². The Labute approximate surface area is 138 Å². The molecule has 22 heavy (non-hydrogen) atoms. The largest absolute Gasteiger partial charge is 0.321 e. The van der Waals surface area contributed by atoms with Crippen molar-refractivity contribution < 1.29 is 0 Å². The molecule has 0 atom stereocenters. The average molecular weight is 359 g/mol. The number of pyridine rings is 1. The lowest BCUT2D eigenvalue weighted by atomic mass is 10.2. The summed E-state index contributed by atoms with van der Waals surface area (Å²) in [6, 6.07) is 10.3. The van der Waals surface area contributed by atoms with E-state index in [4.69, 9.17) is 4.98 Å². The van der Waals surface area contributed by atoms with Crippen LogP contribution in [0.2, 0.25) is 0 Å². The van der Waals surface area contributed by atoms with E-state index in [-0.39, 0.29) is 0 Å². The van der Waals surface area contributed by atoms with Gasteiger partial charge in [0.05, 0.1) is 11.0 Å².